The van der Waals surface area contributed by atoms with E-state index in [1.54, 1.807) is 18.2 Å². The average molecular weight is 454 g/mol. The van der Waals surface area contributed by atoms with Crippen LogP contribution in [-0.4, -0.2) is 37.3 Å². The van der Waals surface area contributed by atoms with E-state index >= 15 is 0 Å². The van der Waals surface area contributed by atoms with Crippen LogP contribution in [0.4, 0.5) is 35.4 Å². The molecule has 3 rings (SSSR count). The van der Waals surface area contributed by atoms with Gasteiger partial charge in [0, 0.05) is 18.3 Å². The highest BCUT2D eigenvalue weighted by molar-refractivity contribution is 7.14. The van der Waals surface area contributed by atoms with E-state index in [1.807, 2.05) is 0 Å². The number of ether oxygens (including phenoxy) is 3. The minimum atomic E-state index is -4.68. The van der Waals surface area contributed by atoms with Crippen molar-refractivity contribution in [1.82, 2.24) is 9.97 Å². The third-order valence-corrected chi connectivity index (χ3v) is 4.82. The van der Waals surface area contributed by atoms with Crippen molar-refractivity contribution in [3.63, 3.8) is 0 Å². The molecule has 2 heterocycles. The van der Waals surface area contributed by atoms with Crippen LogP contribution >= 0.6 is 11.3 Å². The van der Waals surface area contributed by atoms with Crippen molar-refractivity contribution >= 4 is 39.5 Å². The maximum atomic E-state index is 13.5. The summed E-state index contributed by atoms with van der Waals surface area (Å²) in [6.07, 6.45) is -3.99. The van der Waals surface area contributed by atoms with Gasteiger partial charge in [0.15, 0.2) is 5.69 Å². The third kappa shape index (κ3) is 4.97. The highest BCUT2D eigenvalue weighted by atomic mass is 32.1. The quantitative estimate of drug-likeness (QED) is 0.490. The van der Waals surface area contributed by atoms with Gasteiger partial charge in [0.1, 0.15) is 22.3 Å². The normalized spacial score (nSPS) is 11.0. The second-order valence-electron chi connectivity index (χ2n) is 5.95. The van der Waals surface area contributed by atoms with Crippen LogP contribution < -0.4 is 20.1 Å². The summed E-state index contributed by atoms with van der Waals surface area (Å²) < 4.78 is 55.7. The second-order valence-corrected chi connectivity index (χ2v) is 6.81. The van der Waals surface area contributed by atoms with Crippen LogP contribution in [-0.2, 0) is 10.9 Å². The Morgan fingerprint density at radius 2 is 1.81 bits per heavy atom. The summed E-state index contributed by atoms with van der Waals surface area (Å²) >= 11 is 0.961. The van der Waals surface area contributed by atoms with Crippen LogP contribution in [0.25, 0.3) is 0 Å². The van der Waals surface area contributed by atoms with E-state index in [4.69, 9.17) is 9.47 Å². The fourth-order valence-corrected chi connectivity index (χ4v) is 3.28. The van der Waals surface area contributed by atoms with Gasteiger partial charge in [-0.15, -0.1) is 11.3 Å². The molecule has 1 aromatic carbocycles. The van der Waals surface area contributed by atoms with E-state index < -0.39 is 17.7 Å². The summed E-state index contributed by atoms with van der Waals surface area (Å²) in [6, 6.07) is 6.10. The number of halogens is 3. The van der Waals surface area contributed by atoms with Gasteiger partial charge in [-0.05, 0) is 12.1 Å². The molecule has 0 saturated heterocycles. The van der Waals surface area contributed by atoms with Crippen LogP contribution in [0.5, 0.6) is 11.5 Å². The zero-order valence-electron chi connectivity index (χ0n) is 16.5. The molecule has 0 aliphatic rings. The summed E-state index contributed by atoms with van der Waals surface area (Å²) in [6.45, 7) is 0. The van der Waals surface area contributed by atoms with Gasteiger partial charge in [0.25, 0.3) is 0 Å². The first-order valence-electron chi connectivity index (χ1n) is 8.62. The molecule has 164 valence electrons. The van der Waals surface area contributed by atoms with Crippen LogP contribution in [0.3, 0.4) is 0 Å². The van der Waals surface area contributed by atoms with Crippen molar-refractivity contribution in [2.75, 3.05) is 32.0 Å². The van der Waals surface area contributed by atoms with Crippen molar-refractivity contribution < 1.29 is 32.2 Å². The first-order chi connectivity index (χ1) is 14.8. The van der Waals surface area contributed by atoms with Crippen LogP contribution in [0.15, 0.2) is 36.0 Å². The number of nitrogens with zero attached hydrogens (tertiary/aromatic N) is 2. The average Bonchev–Trinajstić information content (AvgIpc) is 3.20. The lowest BCUT2D eigenvalue weighted by Crippen LogP contribution is -2.11. The zero-order valence-corrected chi connectivity index (χ0v) is 17.4. The van der Waals surface area contributed by atoms with Crippen molar-refractivity contribution in [2.24, 2.45) is 0 Å². The summed E-state index contributed by atoms with van der Waals surface area (Å²) in [7, 11) is 4.10. The molecule has 0 bridgehead atoms. The maximum Gasteiger partial charge on any atom is 0.419 e. The summed E-state index contributed by atoms with van der Waals surface area (Å²) in [5.74, 6) is 0.283. The number of methoxy groups -OCH3 is 3. The molecule has 0 saturated carbocycles. The molecule has 0 atom stereocenters. The summed E-state index contributed by atoms with van der Waals surface area (Å²) in [4.78, 5) is 19.5. The monoisotopic (exact) mass is 454 g/mol. The predicted octanol–water partition coefficient (Wildman–Crippen LogP) is 4.85. The Labute approximate surface area is 179 Å². The van der Waals surface area contributed by atoms with Gasteiger partial charge >= 0.3 is 12.1 Å². The van der Waals surface area contributed by atoms with Gasteiger partial charge < -0.3 is 24.8 Å². The van der Waals surface area contributed by atoms with E-state index in [0.29, 0.717) is 23.4 Å². The van der Waals surface area contributed by atoms with Crippen LogP contribution in [0, 0.1) is 0 Å². The van der Waals surface area contributed by atoms with Crippen molar-refractivity contribution in [3.8, 4) is 11.5 Å². The van der Waals surface area contributed by atoms with Crippen molar-refractivity contribution in [3.05, 3.63) is 47.2 Å². The number of carbonyl (C=O) groups excluding carboxylic acids is 1. The van der Waals surface area contributed by atoms with E-state index in [0.717, 1.165) is 18.4 Å². The molecule has 0 unspecified atom stereocenters. The molecule has 12 heteroatoms. The summed E-state index contributed by atoms with van der Waals surface area (Å²) in [5.41, 5.74) is 0.305. The third-order valence-electron chi connectivity index (χ3n) is 4.07. The molecular formula is C19H17F3N4O4S. The minimum absolute atomic E-state index is 0.103. The number of anilines is 4. The number of thiazole rings is 1. The van der Waals surface area contributed by atoms with Gasteiger partial charge in [0.05, 0.1) is 43.8 Å². The molecule has 0 amide bonds. The maximum absolute atomic E-state index is 13.5. The summed E-state index contributed by atoms with van der Waals surface area (Å²) in [5, 5.41) is 5.64. The van der Waals surface area contributed by atoms with Gasteiger partial charge in [0.2, 0.25) is 0 Å². The number of hydrogen-bond donors (Lipinski definition) is 2. The number of hydrogen-bond acceptors (Lipinski definition) is 9. The van der Waals surface area contributed by atoms with Gasteiger partial charge in [-0.25, -0.2) is 14.8 Å². The van der Waals surface area contributed by atoms with E-state index in [1.165, 1.54) is 25.8 Å². The molecule has 2 aromatic heterocycles. The van der Waals surface area contributed by atoms with E-state index in [-0.39, 0.29) is 22.2 Å². The first kappa shape index (κ1) is 22.2. The van der Waals surface area contributed by atoms with Crippen LogP contribution in [0.2, 0.25) is 0 Å². The van der Waals surface area contributed by atoms with E-state index in [2.05, 4.69) is 25.3 Å². The highest BCUT2D eigenvalue weighted by Crippen LogP contribution is 2.39. The smallest absolute Gasteiger partial charge is 0.419 e. The molecule has 0 aliphatic carbocycles. The first-order valence-corrected chi connectivity index (χ1v) is 9.50. The Bertz CT molecular complexity index is 1090. The Morgan fingerprint density at radius 3 is 2.45 bits per heavy atom. The largest absolute Gasteiger partial charge is 0.497 e. The Balaban J connectivity index is 2.01. The predicted molar refractivity (Wildman–Crippen MR) is 109 cm³/mol. The molecule has 31 heavy (non-hydrogen) atoms. The number of carbonyl (C=O) groups is 1. The zero-order chi connectivity index (χ0) is 22.6. The molecular weight excluding hydrogens is 437 g/mol. The number of benzene rings is 1. The number of esters is 1. The van der Waals surface area contributed by atoms with E-state index in [9.17, 15) is 18.0 Å². The number of pyridine rings is 1. The number of nitrogens with one attached hydrogen (secondary N) is 2. The minimum Gasteiger partial charge on any atom is -0.497 e. The molecule has 8 nitrogen and oxygen atoms in total. The van der Waals surface area contributed by atoms with Crippen molar-refractivity contribution in [2.45, 2.75) is 6.18 Å². The fraction of sp³-hybridized carbons (Fsp3) is 0.211. The number of rotatable bonds is 7. The van der Waals surface area contributed by atoms with Crippen LogP contribution in [0.1, 0.15) is 16.1 Å². The Hall–Kier alpha value is -3.54. The number of aromatic nitrogens is 2. The molecule has 0 fully saturated rings. The molecule has 0 spiro atoms. The van der Waals surface area contributed by atoms with Gasteiger partial charge in [-0.2, -0.15) is 13.2 Å². The SMILES string of the molecule is COC(=O)c1ncsc1Nc1cc(Nc2cc(OC)ccc2OC)ncc1C(F)(F)F. The molecule has 0 radical (unpaired) electrons. The topological polar surface area (TPSA) is 94.6 Å². The molecule has 0 aliphatic heterocycles. The fourth-order valence-electron chi connectivity index (χ4n) is 2.60. The van der Waals surface area contributed by atoms with Gasteiger partial charge in [-0.1, -0.05) is 0 Å². The Morgan fingerprint density at radius 1 is 1.03 bits per heavy atom. The van der Waals surface area contributed by atoms with Gasteiger partial charge in [-0.3, -0.25) is 0 Å². The lowest BCUT2D eigenvalue weighted by Gasteiger charge is -2.17. The number of alkyl halides is 3. The second kappa shape index (κ2) is 9.08. The lowest BCUT2D eigenvalue weighted by molar-refractivity contribution is -0.137. The Kier molecular flexibility index (Phi) is 6.49. The molecule has 2 N–H and O–H groups in total. The molecule has 3 aromatic rings. The highest BCUT2D eigenvalue weighted by Gasteiger charge is 2.35. The lowest BCUT2D eigenvalue weighted by atomic mass is 10.2. The standard InChI is InChI=1S/C19H17F3N4O4S/c1-28-10-4-5-14(29-2)13(6-10)25-15-7-12(11(8-23-15)19(20,21)22)26-17-16(18(27)30-3)24-9-31-17/h4-9H,1-3H3,(H2,23,25,26). The van der Waals surface area contributed by atoms with Crippen molar-refractivity contribution in [1.29, 1.82) is 0 Å².